The summed E-state index contributed by atoms with van der Waals surface area (Å²) < 4.78 is 0. The van der Waals surface area contributed by atoms with Crippen molar-refractivity contribution in [3.8, 4) is 0 Å². The maximum absolute atomic E-state index is 12.4. The summed E-state index contributed by atoms with van der Waals surface area (Å²) in [5.74, 6) is 2.50. The van der Waals surface area contributed by atoms with E-state index in [0.717, 1.165) is 43.9 Å². The molecule has 2 saturated heterocycles. The fourth-order valence-corrected chi connectivity index (χ4v) is 4.04. The summed E-state index contributed by atoms with van der Waals surface area (Å²) >= 11 is 0. The summed E-state index contributed by atoms with van der Waals surface area (Å²) in [6.45, 7) is 6.39. The number of carbonyl (C=O) groups excluding carboxylic acids is 1. The minimum absolute atomic E-state index is 0.326. The molecule has 3 rings (SSSR count). The van der Waals surface area contributed by atoms with Crippen LogP contribution >= 0.6 is 0 Å². The molecule has 0 aromatic heterocycles. The summed E-state index contributed by atoms with van der Waals surface area (Å²) in [6, 6.07) is 0.326. The minimum Gasteiger partial charge on any atom is -0.325 e. The molecule has 0 bridgehead atoms. The number of amides is 2. The molecule has 3 heteroatoms. The lowest BCUT2D eigenvalue weighted by Crippen LogP contribution is -2.44. The molecular formula is C14H24N2O. The highest BCUT2D eigenvalue weighted by Crippen LogP contribution is 2.41. The van der Waals surface area contributed by atoms with Crippen molar-refractivity contribution in [1.29, 1.82) is 0 Å². The minimum atomic E-state index is 0.326. The van der Waals surface area contributed by atoms with Gasteiger partial charge in [0.1, 0.15) is 0 Å². The Labute approximate surface area is 104 Å². The molecule has 96 valence electrons. The first-order valence-corrected chi connectivity index (χ1v) is 7.28. The molecule has 2 heterocycles. The molecule has 3 nitrogen and oxygen atoms in total. The van der Waals surface area contributed by atoms with Crippen LogP contribution < -0.4 is 0 Å². The maximum Gasteiger partial charge on any atom is 0.320 e. The number of piperidine rings is 1. The van der Waals surface area contributed by atoms with Crippen LogP contribution in [0.5, 0.6) is 0 Å². The zero-order valence-corrected chi connectivity index (χ0v) is 10.9. The molecule has 2 amide bonds. The molecule has 0 N–H and O–H groups in total. The molecule has 17 heavy (non-hydrogen) atoms. The van der Waals surface area contributed by atoms with Gasteiger partial charge in [0.15, 0.2) is 0 Å². The van der Waals surface area contributed by atoms with Crippen LogP contribution in [-0.2, 0) is 0 Å². The normalized spacial score (nSPS) is 37.4. The molecule has 0 radical (unpaired) electrons. The fourth-order valence-electron chi connectivity index (χ4n) is 4.04. The van der Waals surface area contributed by atoms with E-state index in [4.69, 9.17) is 0 Å². The predicted molar refractivity (Wildman–Crippen MR) is 67.8 cm³/mol. The van der Waals surface area contributed by atoms with Crippen molar-refractivity contribution in [2.45, 2.75) is 39.0 Å². The molecule has 1 saturated carbocycles. The van der Waals surface area contributed by atoms with Gasteiger partial charge in [-0.15, -0.1) is 0 Å². The van der Waals surface area contributed by atoms with Crippen LogP contribution in [0.15, 0.2) is 0 Å². The topological polar surface area (TPSA) is 23.6 Å². The summed E-state index contributed by atoms with van der Waals surface area (Å²) in [6.07, 6.45) is 6.38. The molecule has 0 aromatic carbocycles. The Morgan fingerprint density at radius 2 is 1.53 bits per heavy atom. The van der Waals surface area contributed by atoms with Gasteiger partial charge in [-0.3, -0.25) is 0 Å². The van der Waals surface area contributed by atoms with Crippen LogP contribution in [0.1, 0.15) is 39.0 Å². The maximum atomic E-state index is 12.4. The van der Waals surface area contributed by atoms with Crippen LogP contribution in [0.3, 0.4) is 0 Å². The quantitative estimate of drug-likeness (QED) is 0.634. The number of urea groups is 1. The first-order valence-electron chi connectivity index (χ1n) is 7.28. The number of carbonyl (C=O) groups is 1. The van der Waals surface area contributed by atoms with Crippen molar-refractivity contribution in [1.82, 2.24) is 9.80 Å². The Bertz CT molecular complexity index is 285. The molecule has 2 aliphatic heterocycles. The summed E-state index contributed by atoms with van der Waals surface area (Å²) in [4.78, 5) is 16.6. The Hall–Kier alpha value is -0.730. The van der Waals surface area contributed by atoms with Crippen molar-refractivity contribution in [3.05, 3.63) is 0 Å². The van der Waals surface area contributed by atoms with Gasteiger partial charge < -0.3 is 9.80 Å². The van der Waals surface area contributed by atoms with E-state index in [1.165, 1.54) is 32.1 Å². The second-order valence-electron chi connectivity index (χ2n) is 6.33. The Morgan fingerprint density at radius 3 is 2.12 bits per heavy atom. The van der Waals surface area contributed by atoms with Crippen molar-refractivity contribution in [3.63, 3.8) is 0 Å². The Balaban J connectivity index is 1.57. The van der Waals surface area contributed by atoms with Crippen LogP contribution in [0, 0.1) is 17.8 Å². The molecule has 0 spiro atoms. The smallest absolute Gasteiger partial charge is 0.320 e. The van der Waals surface area contributed by atoms with Gasteiger partial charge in [-0.2, -0.15) is 0 Å². The van der Waals surface area contributed by atoms with Crippen LogP contribution in [0.25, 0.3) is 0 Å². The zero-order valence-electron chi connectivity index (χ0n) is 10.9. The standard InChI is InChI=1S/C14H24N2O/c1-11-7-12-9-16(10-13(12)8-11)14(17)15-5-3-2-4-6-15/h11-13H,2-10H2,1H3/t11?,12-,13+. The van der Waals surface area contributed by atoms with E-state index in [1.54, 1.807) is 0 Å². The van der Waals surface area contributed by atoms with Gasteiger partial charge in [0, 0.05) is 26.2 Å². The lowest BCUT2D eigenvalue weighted by Gasteiger charge is -2.31. The number of fused-ring (bicyclic) bond motifs is 1. The number of hydrogen-bond donors (Lipinski definition) is 0. The Morgan fingerprint density at radius 1 is 0.941 bits per heavy atom. The second-order valence-corrected chi connectivity index (χ2v) is 6.33. The van der Waals surface area contributed by atoms with Crippen LogP contribution in [0.2, 0.25) is 0 Å². The number of likely N-dealkylation sites (tertiary alicyclic amines) is 2. The third-order valence-corrected chi connectivity index (χ3v) is 4.88. The number of hydrogen-bond acceptors (Lipinski definition) is 1. The van der Waals surface area contributed by atoms with E-state index < -0.39 is 0 Å². The Kier molecular flexibility index (Phi) is 3.01. The summed E-state index contributed by atoms with van der Waals surface area (Å²) in [5.41, 5.74) is 0. The summed E-state index contributed by atoms with van der Waals surface area (Å²) in [5, 5.41) is 0. The molecular weight excluding hydrogens is 212 g/mol. The molecule has 3 atom stereocenters. The number of rotatable bonds is 0. The highest BCUT2D eigenvalue weighted by atomic mass is 16.2. The highest BCUT2D eigenvalue weighted by Gasteiger charge is 2.41. The van der Waals surface area contributed by atoms with Gasteiger partial charge in [-0.1, -0.05) is 6.92 Å². The zero-order chi connectivity index (χ0) is 11.8. The first kappa shape index (κ1) is 11.4. The van der Waals surface area contributed by atoms with Gasteiger partial charge in [-0.05, 0) is 49.9 Å². The largest absolute Gasteiger partial charge is 0.325 e. The lowest BCUT2D eigenvalue weighted by atomic mass is 10.0. The monoisotopic (exact) mass is 236 g/mol. The lowest BCUT2D eigenvalue weighted by molar-refractivity contribution is 0.149. The van der Waals surface area contributed by atoms with Crippen molar-refractivity contribution < 1.29 is 4.79 Å². The van der Waals surface area contributed by atoms with Crippen LogP contribution in [0.4, 0.5) is 4.79 Å². The second kappa shape index (κ2) is 4.51. The van der Waals surface area contributed by atoms with E-state index >= 15 is 0 Å². The van der Waals surface area contributed by atoms with E-state index in [-0.39, 0.29) is 0 Å². The average Bonchev–Trinajstić information content (AvgIpc) is 2.86. The third-order valence-electron chi connectivity index (χ3n) is 4.88. The third kappa shape index (κ3) is 2.16. The SMILES string of the molecule is CC1C[C@@H]2CN(C(=O)N3CCCCC3)C[C@@H]2C1. The molecule has 3 aliphatic rings. The highest BCUT2D eigenvalue weighted by molar-refractivity contribution is 5.75. The van der Waals surface area contributed by atoms with E-state index in [1.807, 2.05) is 0 Å². The molecule has 1 aliphatic carbocycles. The van der Waals surface area contributed by atoms with Crippen molar-refractivity contribution in [2.75, 3.05) is 26.2 Å². The number of nitrogens with zero attached hydrogens (tertiary/aromatic N) is 2. The molecule has 0 aromatic rings. The van der Waals surface area contributed by atoms with Gasteiger partial charge in [-0.25, -0.2) is 4.79 Å². The fraction of sp³-hybridized carbons (Fsp3) is 0.929. The average molecular weight is 236 g/mol. The van der Waals surface area contributed by atoms with E-state index in [2.05, 4.69) is 16.7 Å². The predicted octanol–water partition coefficient (Wildman–Crippen LogP) is 2.57. The van der Waals surface area contributed by atoms with Crippen molar-refractivity contribution in [2.24, 2.45) is 17.8 Å². The van der Waals surface area contributed by atoms with Gasteiger partial charge in [0.05, 0.1) is 0 Å². The van der Waals surface area contributed by atoms with Gasteiger partial charge >= 0.3 is 6.03 Å². The van der Waals surface area contributed by atoms with E-state index in [0.29, 0.717) is 6.03 Å². The van der Waals surface area contributed by atoms with Crippen molar-refractivity contribution >= 4 is 6.03 Å². The van der Waals surface area contributed by atoms with Crippen LogP contribution in [-0.4, -0.2) is 42.0 Å². The van der Waals surface area contributed by atoms with Gasteiger partial charge in [0.2, 0.25) is 0 Å². The van der Waals surface area contributed by atoms with E-state index in [9.17, 15) is 4.79 Å². The molecule has 1 unspecified atom stereocenters. The van der Waals surface area contributed by atoms with Gasteiger partial charge in [0.25, 0.3) is 0 Å². The molecule has 3 fully saturated rings. The summed E-state index contributed by atoms with van der Waals surface area (Å²) in [7, 11) is 0. The first-order chi connectivity index (χ1) is 8.24.